The topological polar surface area (TPSA) is 123 Å². The summed E-state index contributed by atoms with van der Waals surface area (Å²) in [6.45, 7) is -0.414. The molecule has 2 aliphatic rings. The van der Waals surface area contributed by atoms with Gasteiger partial charge in [-0.2, -0.15) is 0 Å². The van der Waals surface area contributed by atoms with E-state index in [4.69, 9.17) is 4.74 Å². The Morgan fingerprint density at radius 2 is 2.00 bits per heavy atom. The molecule has 1 unspecified atom stereocenters. The van der Waals surface area contributed by atoms with Crippen molar-refractivity contribution in [3.8, 4) is 0 Å². The van der Waals surface area contributed by atoms with Crippen LogP contribution in [-0.2, 0) is 4.74 Å². The van der Waals surface area contributed by atoms with E-state index in [9.17, 15) is 20.1 Å². The number of anilines is 1. The lowest BCUT2D eigenvalue weighted by molar-refractivity contribution is -0.0524. The first kappa shape index (κ1) is 16.1. The zero-order valence-electron chi connectivity index (χ0n) is 13.1. The summed E-state index contributed by atoms with van der Waals surface area (Å²) in [4.78, 5) is 19.8. The van der Waals surface area contributed by atoms with Gasteiger partial charge < -0.3 is 29.9 Å². The van der Waals surface area contributed by atoms with E-state index < -0.39 is 31.1 Å². The molecule has 1 amide bonds. The summed E-state index contributed by atoms with van der Waals surface area (Å²) < 4.78 is 7.03. The molecule has 4 N–H and O–H groups in total. The number of imidazole rings is 1. The fraction of sp³-hybridized carbons (Fsp3) is 0.692. The van der Waals surface area contributed by atoms with E-state index in [1.54, 1.807) is 26.0 Å². The van der Waals surface area contributed by atoms with Crippen molar-refractivity contribution < 1.29 is 24.9 Å². The van der Waals surface area contributed by atoms with Gasteiger partial charge in [0, 0.05) is 14.1 Å². The Morgan fingerprint density at radius 3 is 2.57 bits per heavy atom. The molecule has 5 atom stereocenters. The van der Waals surface area contributed by atoms with Gasteiger partial charge in [-0.1, -0.05) is 0 Å². The number of carbonyl (C=O) groups is 1. The molecular weight excluding hydrogens is 306 g/mol. The van der Waals surface area contributed by atoms with Crippen LogP contribution < -0.4 is 10.2 Å². The first-order chi connectivity index (χ1) is 10.9. The number of rotatable bonds is 3. The van der Waals surface area contributed by atoms with Gasteiger partial charge in [-0.25, -0.2) is 4.98 Å². The summed E-state index contributed by atoms with van der Waals surface area (Å²) in [5.41, 5.74) is 0.235. The first-order valence-electron chi connectivity index (χ1n) is 7.28. The van der Waals surface area contributed by atoms with E-state index in [0.29, 0.717) is 5.82 Å². The van der Waals surface area contributed by atoms with Crippen molar-refractivity contribution >= 4 is 11.7 Å². The quantitative estimate of drug-likeness (QED) is 0.481. The number of nitrogens with zero attached hydrogens (tertiary/aromatic N) is 4. The monoisotopic (exact) mass is 327 g/mol. The molecule has 0 spiro atoms. The standard InChI is InChI=1S/C13H21N5O5/c1-14-13-16(2)10-7(11(22)17(13)3)15-5-18(10)12-9(21)8(20)6(4-19)23-12/h5-6,8-9,12-14,19-21H,4H2,1-3H3/t6-,8-,9-,12-,13?/m1/s1. The molecule has 3 heterocycles. The molecule has 2 aliphatic heterocycles. The summed E-state index contributed by atoms with van der Waals surface area (Å²) in [7, 11) is 5.17. The van der Waals surface area contributed by atoms with Gasteiger partial charge in [0.15, 0.2) is 18.2 Å². The van der Waals surface area contributed by atoms with Crippen LogP contribution in [0, 0.1) is 0 Å². The van der Waals surface area contributed by atoms with Crippen molar-refractivity contribution in [2.75, 3.05) is 32.6 Å². The molecule has 128 valence electrons. The lowest BCUT2D eigenvalue weighted by Gasteiger charge is -2.40. The molecule has 0 bridgehead atoms. The Kier molecular flexibility index (Phi) is 4.02. The van der Waals surface area contributed by atoms with Crippen molar-refractivity contribution in [3.63, 3.8) is 0 Å². The van der Waals surface area contributed by atoms with Gasteiger partial charge in [0.1, 0.15) is 24.1 Å². The molecule has 0 aliphatic carbocycles. The Hall–Kier alpha value is -1.72. The van der Waals surface area contributed by atoms with E-state index in [0.717, 1.165) is 0 Å². The lowest BCUT2D eigenvalue weighted by Crippen LogP contribution is -2.59. The zero-order valence-corrected chi connectivity index (χ0v) is 13.1. The van der Waals surface area contributed by atoms with Gasteiger partial charge in [0.2, 0.25) is 0 Å². The second-order valence-corrected chi connectivity index (χ2v) is 5.74. The molecule has 23 heavy (non-hydrogen) atoms. The maximum absolute atomic E-state index is 12.4. The van der Waals surface area contributed by atoms with E-state index in [2.05, 4.69) is 10.3 Å². The maximum Gasteiger partial charge on any atom is 0.278 e. The molecule has 10 nitrogen and oxygen atoms in total. The number of aromatic nitrogens is 2. The summed E-state index contributed by atoms with van der Waals surface area (Å²) in [5, 5.41) is 32.3. The first-order valence-corrected chi connectivity index (χ1v) is 7.28. The number of ether oxygens (including phenoxy) is 1. The molecule has 0 radical (unpaired) electrons. The fourth-order valence-electron chi connectivity index (χ4n) is 3.19. The van der Waals surface area contributed by atoms with Gasteiger partial charge >= 0.3 is 0 Å². The van der Waals surface area contributed by atoms with Crippen LogP contribution in [0.25, 0.3) is 0 Å². The molecule has 0 aromatic carbocycles. The Morgan fingerprint density at radius 1 is 1.30 bits per heavy atom. The van der Waals surface area contributed by atoms with Gasteiger partial charge in [-0.3, -0.25) is 14.7 Å². The number of amides is 1. The van der Waals surface area contributed by atoms with Gasteiger partial charge in [0.05, 0.1) is 12.9 Å². The number of nitrogens with one attached hydrogen (secondary N) is 1. The van der Waals surface area contributed by atoms with Crippen LogP contribution in [-0.4, -0.2) is 88.0 Å². The minimum absolute atomic E-state index is 0.235. The van der Waals surface area contributed by atoms with Crippen LogP contribution in [0.1, 0.15) is 16.7 Å². The zero-order chi connectivity index (χ0) is 16.9. The Bertz CT molecular complexity index is 608. The smallest absolute Gasteiger partial charge is 0.278 e. The van der Waals surface area contributed by atoms with Gasteiger partial charge in [-0.15, -0.1) is 0 Å². The van der Waals surface area contributed by atoms with Crippen LogP contribution in [0.3, 0.4) is 0 Å². The Labute approximate surface area is 132 Å². The highest BCUT2D eigenvalue weighted by Gasteiger charge is 2.46. The number of hydrogen-bond donors (Lipinski definition) is 4. The van der Waals surface area contributed by atoms with Crippen molar-refractivity contribution in [2.24, 2.45) is 0 Å². The molecule has 1 aromatic heterocycles. The van der Waals surface area contributed by atoms with Crippen LogP contribution >= 0.6 is 0 Å². The number of aliphatic hydroxyl groups is 3. The molecule has 1 fully saturated rings. The van der Waals surface area contributed by atoms with Crippen molar-refractivity contribution in [2.45, 2.75) is 30.8 Å². The van der Waals surface area contributed by atoms with Crippen LogP contribution in [0.4, 0.5) is 5.82 Å². The third-order valence-corrected chi connectivity index (χ3v) is 4.41. The largest absolute Gasteiger partial charge is 0.394 e. The van der Waals surface area contributed by atoms with Crippen LogP contribution in [0.15, 0.2) is 6.33 Å². The lowest BCUT2D eigenvalue weighted by atomic mass is 10.1. The summed E-state index contributed by atoms with van der Waals surface area (Å²) in [6, 6.07) is 0. The normalized spacial score (nSPS) is 34.2. The van der Waals surface area contributed by atoms with Crippen molar-refractivity contribution in [1.82, 2.24) is 19.8 Å². The number of carbonyl (C=O) groups excluding carboxylic acids is 1. The summed E-state index contributed by atoms with van der Waals surface area (Å²) in [5.74, 6) is 0.213. The van der Waals surface area contributed by atoms with Crippen LogP contribution in [0.5, 0.6) is 0 Å². The maximum atomic E-state index is 12.4. The molecule has 0 saturated carbocycles. The second-order valence-electron chi connectivity index (χ2n) is 5.74. The summed E-state index contributed by atoms with van der Waals surface area (Å²) >= 11 is 0. The van der Waals surface area contributed by atoms with Gasteiger partial charge in [-0.05, 0) is 7.05 Å². The van der Waals surface area contributed by atoms with Crippen molar-refractivity contribution in [3.05, 3.63) is 12.0 Å². The van der Waals surface area contributed by atoms with Crippen molar-refractivity contribution in [1.29, 1.82) is 0 Å². The van der Waals surface area contributed by atoms with E-state index in [1.165, 1.54) is 15.8 Å². The Balaban J connectivity index is 2.02. The fourth-order valence-corrected chi connectivity index (χ4v) is 3.19. The van der Waals surface area contributed by atoms with Gasteiger partial charge in [0.25, 0.3) is 5.91 Å². The SMILES string of the molecule is CNC1N(C)C(=O)c2ncn([C@@H]3O[C@H](CO)[C@@H](O)[C@H]3O)c2N1C. The number of aliphatic hydroxyl groups excluding tert-OH is 3. The molecule has 1 saturated heterocycles. The van der Waals surface area contributed by atoms with E-state index in [-0.39, 0.29) is 17.9 Å². The average molecular weight is 327 g/mol. The highest BCUT2D eigenvalue weighted by atomic mass is 16.6. The predicted octanol–water partition coefficient (Wildman–Crippen LogP) is -2.48. The number of fused-ring (bicyclic) bond motifs is 1. The second kappa shape index (κ2) is 5.73. The van der Waals surface area contributed by atoms with E-state index >= 15 is 0 Å². The highest BCUT2D eigenvalue weighted by molar-refractivity contribution is 5.99. The molecule has 10 heteroatoms. The number of hydrogen-bond acceptors (Lipinski definition) is 8. The predicted molar refractivity (Wildman–Crippen MR) is 78.6 cm³/mol. The molecule has 1 aromatic rings. The molecular formula is C13H21N5O5. The third kappa shape index (κ3) is 2.22. The summed E-state index contributed by atoms with van der Waals surface area (Å²) in [6.07, 6.45) is -3.26. The minimum Gasteiger partial charge on any atom is -0.394 e. The third-order valence-electron chi connectivity index (χ3n) is 4.41. The molecule has 3 rings (SSSR count). The van der Waals surface area contributed by atoms with Crippen LogP contribution in [0.2, 0.25) is 0 Å². The average Bonchev–Trinajstić information content (AvgIpc) is 3.09. The minimum atomic E-state index is -1.23. The van der Waals surface area contributed by atoms with E-state index in [1.807, 2.05) is 0 Å². The highest BCUT2D eigenvalue weighted by Crippen LogP contribution is 2.36.